The van der Waals surface area contributed by atoms with Gasteiger partial charge in [-0.15, -0.1) is 0 Å². The van der Waals surface area contributed by atoms with Crippen LogP contribution in [0.25, 0.3) is 0 Å². The Labute approximate surface area is 116 Å². The van der Waals surface area contributed by atoms with Crippen LogP contribution in [-0.2, 0) is 9.53 Å². The van der Waals surface area contributed by atoms with Crippen molar-refractivity contribution in [2.75, 3.05) is 19.7 Å². The topological polar surface area (TPSA) is 41.6 Å². The zero-order valence-electron chi connectivity index (χ0n) is 12.6. The molecule has 0 aromatic heterocycles. The van der Waals surface area contributed by atoms with Crippen molar-refractivity contribution >= 4 is 5.97 Å². The zero-order chi connectivity index (χ0) is 13.9. The maximum atomic E-state index is 12.4. The number of nitrogens with zero attached hydrogens (tertiary/aromatic N) is 1. The Morgan fingerprint density at radius 2 is 2.11 bits per heavy atom. The minimum absolute atomic E-state index is 0.0347. The molecule has 0 aromatic carbocycles. The van der Waals surface area contributed by atoms with Crippen molar-refractivity contribution in [3.63, 3.8) is 0 Å². The van der Waals surface area contributed by atoms with Crippen molar-refractivity contribution in [1.29, 1.82) is 0 Å². The minimum atomic E-state index is -0.430. The smallest absolute Gasteiger partial charge is 0.326 e. The first-order valence-corrected chi connectivity index (χ1v) is 7.76. The number of nitrogens with one attached hydrogen (secondary N) is 1. The van der Waals surface area contributed by atoms with Gasteiger partial charge in [-0.25, -0.2) is 0 Å². The van der Waals surface area contributed by atoms with Crippen LogP contribution in [0.1, 0.15) is 52.9 Å². The van der Waals surface area contributed by atoms with E-state index in [0.29, 0.717) is 18.7 Å². The molecule has 0 aromatic rings. The molecule has 0 radical (unpaired) electrons. The van der Waals surface area contributed by atoms with E-state index in [1.54, 1.807) is 0 Å². The summed E-state index contributed by atoms with van der Waals surface area (Å²) in [5, 5.41) is 3.59. The lowest BCUT2D eigenvalue weighted by Gasteiger charge is -2.32. The molecule has 1 N–H and O–H groups in total. The van der Waals surface area contributed by atoms with Crippen molar-refractivity contribution in [2.45, 2.75) is 70.5 Å². The summed E-state index contributed by atoms with van der Waals surface area (Å²) in [6.07, 6.45) is 5.26. The van der Waals surface area contributed by atoms with E-state index in [9.17, 15) is 4.79 Å². The summed E-state index contributed by atoms with van der Waals surface area (Å²) in [5.74, 6) is -0.0347. The van der Waals surface area contributed by atoms with Gasteiger partial charge in [-0.2, -0.15) is 0 Å². The molecular weight excluding hydrogens is 240 g/mol. The van der Waals surface area contributed by atoms with Gasteiger partial charge >= 0.3 is 5.97 Å². The molecule has 4 nitrogen and oxygen atoms in total. The standard InChI is InChI=1S/C15H28N2O2/c1-4-19-14(18)15(16-13-6-7-13)8-5-10-17(11-9-15)12(2)3/h12-13,16H,4-11H2,1-3H3. The molecule has 1 aliphatic heterocycles. The van der Waals surface area contributed by atoms with E-state index in [1.807, 2.05) is 6.92 Å². The summed E-state index contributed by atoms with van der Waals surface area (Å²) in [7, 11) is 0. The molecular formula is C15H28N2O2. The van der Waals surface area contributed by atoms with Crippen LogP contribution in [0.15, 0.2) is 0 Å². The summed E-state index contributed by atoms with van der Waals surface area (Å²) in [4.78, 5) is 14.9. The van der Waals surface area contributed by atoms with Crippen molar-refractivity contribution in [3.05, 3.63) is 0 Å². The highest BCUT2D eigenvalue weighted by atomic mass is 16.5. The third-order valence-corrected chi connectivity index (χ3v) is 4.33. The molecule has 0 bridgehead atoms. The second kappa shape index (κ2) is 6.23. The molecule has 1 heterocycles. The highest BCUT2D eigenvalue weighted by molar-refractivity contribution is 5.81. The Morgan fingerprint density at radius 3 is 2.68 bits per heavy atom. The average Bonchev–Trinajstić information content (AvgIpc) is 3.17. The van der Waals surface area contributed by atoms with E-state index in [4.69, 9.17) is 4.74 Å². The normalized spacial score (nSPS) is 29.3. The second-order valence-corrected chi connectivity index (χ2v) is 6.20. The highest BCUT2D eigenvalue weighted by Gasteiger charge is 2.44. The average molecular weight is 268 g/mol. The molecule has 1 atom stereocenters. The number of carbonyl (C=O) groups excluding carboxylic acids is 1. The second-order valence-electron chi connectivity index (χ2n) is 6.20. The van der Waals surface area contributed by atoms with Gasteiger partial charge in [-0.05, 0) is 59.4 Å². The highest BCUT2D eigenvalue weighted by Crippen LogP contribution is 2.30. The van der Waals surface area contributed by atoms with Crippen LogP contribution >= 0.6 is 0 Å². The molecule has 1 aliphatic carbocycles. The molecule has 4 heteroatoms. The predicted molar refractivity (Wildman–Crippen MR) is 76.1 cm³/mol. The Balaban J connectivity index is 2.06. The van der Waals surface area contributed by atoms with Crippen LogP contribution < -0.4 is 5.32 Å². The van der Waals surface area contributed by atoms with Crippen LogP contribution in [0, 0.1) is 0 Å². The first-order valence-electron chi connectivity index (χ1n) is 7.76. The summed E-state index contributed by atoms with van der Waals surface area (Å²) in [6.45, 7) is 8.89. The molecule has 110 valence electrons. The monoisotopic (exact) mass is 268 g/mol. The quantitative estimate of drug-likeness (QED) is 0.774. The summed E-state index contributed by atoms with van der Waals surface area (Å²) in [6, 6.07) is 1.09. The number of esters is 1. The first kappa shape index (κ1) is 14.8. The first-order chi connectivity index (χ1) is 9.07. The lowest BCUT2D eigenvalue weighted by molar-refractivity contribution is -0.152. The fourth-order valence-electron chi connectivity index (χ4n) is 2.97. The molecule has 1 saturated heterocycles. The van der Waals surface area contributed by atoms with Crippen molar-refractivity contribution in [3.8, 4) is 0 Å². The molecule has 2 rings (SSSR count). The van der Waals surface area contributed by atoms with Crippen molar-refractivity contribution in [1.82, 2.24) is 10.2 Å². The zero-order valence-corrected chi connectivity index (χ0v) is 12.6. The Bertz CT molecular complexity index is 315. The van der Waals surface area contributed by atoms with E-state index in [0.717, 1.165) is 32.4 Å². The van der Waals surface area contributed by atoms with Gasteiger partial charge in [0.2, 0.25) is 0 Å². The van der Waals surface area contributed by atoms with E-state index in [2.05, 4.69) is 24.1 Å². The number of hydrogen-bond acceptors (Lipinski definition) is 4. The van der Waals surface area contributed by atoms with Gasteiger partial charge in [0.25, 0.3) is 0 Å². The van der Waals surface area contributed by atoms with Crippen molar-refractivity contribution < 1.29 is 9.53 Å². The third kappa shape index (κ3) is 3.69. The van der Waals surface area contributed by atoms with Gasteiger partial charge < -0.3 is 9.64 Å². The molecule has 1 unspecified atom stereocenters. The van der Waals surface area contributed by atoms with E-state index < -0.39 is 5.54 Å². The maximum absolute atomic E-state index is 12.4. The van der Waals surface area contributed by atoms with Crippen LogP contribution in [0.4, 0.5) is 0 Å². The molecule has 1 saturated carbocycles. The number of likely N-dealkylation sites (tertiary alicyclic amines) is 1. The Kier molecular flexibility index (Phi) is 4.85. The van der Waals surface area contributed by atoms with E-state index >= 15 is 0 Å². The summed E-state index contributed by atoms with van der Waals surface area (Å²) in [5.41, 5.74) is -0.430. The summed E-state index contributed by atoms with van der Waals surface area (Å²) < 4.78 is 5.34. The fourth-order valence-corrected chi connectivity index (χ4v) is 2.97. The number of hydrogen-bond donors (Lipinski definition) is 1. The third-order valence-electron chi connectivity index (χ3n) is 4.33. The lowest BCUT2D eigenvalue weighted by Crippen LogP contribution is -2.54. The van der Waals surface area contributed by atoms with Crippen LogP contribution in [0.5, 0.6) is 0 Å². The number of ether oxygens (including phenoxy) is 1. The van der Waals surface area contributed by atoms with Crippen LogP contribution in [0.2, 0.25) is 0 Å². The van der Waals surface area contributed by atoms with Crippen LogP contribution in [-0.4, -0.2) is 48.2 Å². The van der Waals surface area contributed by atoms with Gasteiger partial charge in [-0.1, -0.05) is 0 Å². The SMILES string of the molecule is CCOC(=O)C1(NC2CC2)CCCN(C(C)C)CC1. The Morgan fingerprint density at radius 1 is 1.37 bits per heavy atom. The van der Waals surface area contributed by atoms with E-state index in [-0.39, 0.29) is 5.97 Å². The van der Waals surface area contributed by atoms with Crippen LogP contribution in [0.3, 0.4) is 0 Å². The van der Waals surface area contributed by atoms with Gasteiger partial charge in [0.05, 0.1) is 6.61 Å². The molecule has 2 fully saturated rings. The summed E-state index contributed by atoms with van der Waals surface area (Å²) >= 11 is 0. The molecule has 19 heavy (non-hydrogen) atoms. The number of rotatable bonds is 5. The Hall–Kier alpha value is -0.610. The van der Waals surface area contributed by atoms with Gasteiger partial charge in [0.1, 0.15) is 5.54 Å². The van der Waals surface area contributed by atoms with E-state index in [1.165, 1.54) is 12.8 Å². The lowest BCUT2D eigenvalue weighted by atomic mass is 9.90. The predicted octanol–water partition coefficient (Wildman–Crippen LogP) is 1.93. The van der Waals surface area contributed by atoms with Gasteiger partial charge in [-0.3, -0.25) is 10.1 Å². The van der Waals surface area contributed by atoms with Crippen molar-refractivity contribution in [2.24, 2.45) is 0 Å². The largest absolute Gasteiger partial charge is 0.465 e. The number of carbonyl (C=O) groups is 1. The molecule has 0 amide bonds. The van der Waals surface area contributed by atoms with Gasteiger partial charge in [0.15, 0.2) is 0 Å². The molecule has 2 aliphatic rings. The maximum Gasteiger partial charge on any atom is 0.326 e. The van der Waals surface area contributed by atoms with Gasteiger partial charge in [0, 0.05) is 18.6 Å². The molecule has 0 spiro atoms. The minimum Gasteiger partial charge on any atom is -0.465 e. The fraction of sp³-hybridized carbons (Fsp3) is 0.933.